The van der Waals surface area contributed by atoms with Gasteiger partial charge in [0.25, 0.3) is 5.91 Å². The van der Waals surface area contributed by atoms with E-state index in [4.69, 9.17) is 4.74 Å². The van der Waals surface area contributed by atoms with Crippen LogP contribution < -0.4 is 14.8 Å². The molecule has 0 unspecified atom stereocenters. The molecule has 0 fully saturated rings. The van der Waals surface area contributed by atoms with E-state index in [1.165, 1.54) is 24.3 Å². The maximum absolute atomic E-state index is 13.3. The largest absolute Gasteiger partial charge is 0.489 e. The van der Waals surface area contributed by atoms with Gasteiger partial charge in [-0.1, -0.05) is 31.2 Å². The van der Waals surface area contributed by atoms with Gasteiger partial charge < -0.3 is 10.1 Å². The summed E-state index contributed by atoms with van der Waals surface area (Å²) in [6, 6.07) is 17.3. The Morgan fingerprint density at radius 2 is 1.81 bits per heavy atom. The summed E-state index contributed by atoms with van der Waals surface area (Å²) in [6.45, 7) is 3.85. The van der Waals surface area contributed by atoms with Gasteiger partial charge in [0.2, 0.25) is 10.0 Å². The van der Waals surface area contributed by atoms with Crippen LogP contribution in [0, 0.1) is 12.7 Å². The molecule has 0 saturated carbocycles. The molecule has 0 saturated heterocycles. The molecule has 0 spiro atoms. The van der Waals surface area contributed by atoms with Crippen LogP contribution >= 0.6 is 0 Å². The number of benzene rings is 3. The molecule has 1 amide bonds. The van der Waals surface area contributed by atoms with Crippen molar-refractivity contribution in [2.75, 3.05) is 11.9 Å². The second kappa shape index (κ2) is 9.72. The summed E-state index contributed by atoms with van der Waals surface area (Å²) in [5.41, 5.74) is 2.07. The Kier molecular flexibility index (Phi) is 7.04. The first-order valence-corrected chi connectivity index (χ1v) is 11.2. The number of ether oxygens (including phenoxy) is 1. The van der Waals surface area contributed by atoms with E-state index < -0.39 is 15.9 Å². The van der Waals surface area contributed by atoms with Crippen LogP contribution in [0.25, 0.3) is 0 Å². The van der Waals surface area contributed by atoms with Gasteiger partial charge in [0, 0.05) is 23.9 Å². The van der Waals surface area contributed by atoms with Crippen LogP contribution in [0.5, 0.6) is 5.75 Å². The van der Waals surface area contributed by atoms with Crippen molar-refractivity contribution in [3.63, 3.8) is 0 Å². The number of nitrogens with one attached hydrogen (secondary N) is 2. The highest BCUT2D eigenvalue weighted by atomic mass is 32.2. The molecular weight excluding hydrogens is 419 g/mol. The van der Waals surface area contributed by atoms with Crippen molar-refractivity contribution in [3.8, 4) is 5.75 Å². The van der Waals surface area contributed by atoms with Crippen molar-refractivity contribution in [3.05, 3.63) is 89.2 Å². The van der Waals surface area contributed by atoms with Crippen molar-refractivity contribution in [2.45, 2.75) is 25.3 Å². The van der Waals surface area contributed by atoms with Gasteiger partial charge in [-0.05, 0) is 54.4 Å². The van der Waals surface area contributed by atoms with Crippen molar-refractivity contribution >= 4 is 21.6 Å². The van der Waals surface area contributed by atoms with Crippen molar-refractivity contribution < 1.29 is 22.3 Å². The van der Waals surface area contributed by atoms with Crippen LogP contribution in [0.3, 0.4) is 0 Å². The number of rotatable bonds is 8. The zero-order chi connectivity index (χ0) is 22.4. The van der Waals surface area contributed by atoms with E-state index in [0.29, 0.717) is 22.6 Å². The minimum Gasteiger partial charge on any atom is -0.489 e. The van der Waals surface area contributed by atoms with Gasteiger partial charge in [0.05, 0.1) is 4.90 Å². The Hall–Kier alpha value is -3.23. The third-order valence-corrected chi connectivity index (χ3v) is 6.03. The maximum Gasteiger partial charge on any atom is 0.255 e. The van der Waals surface area contributed by atoms with Gasteiger partial charge in [-0.15, -0.1) is 0 Å². The van der Waals surface area contributed by atoms with Crippen molar-refractivity contribution in [1.29, 1.82) is 0 Å². The van der Waals surface area contributed by atoms with Gasteiger partial charge in [-0.25, -0.2) is 17.5 Å². The van der Waals surface area contributed by atoms with E-state index in [0.717, 1.165) is 0 Å². The Bertz CT molecular complexity index is 1200. The predicted octanol–water partition coefficient (Wildman–Crippen LogP) is 4.26. The average molecular weight is 443 g/mol. The van der Waals surface area contributed by atoms with Crippen molar-refractivity contribution in [1.82, 2.24) is 4.72 Å². The van der Waals surface area contributed by atoms with Gasteiger partial charge in [0.1, 0.15) is 18.2 Å². The molecule has 8 heteroatoms. The van der Waals surface area contributed by atoms with Crippen LogP contribution in [-0.2, 0) is 16.6 Å². The lowest BCUT2D eigenvalue weighted by molar-refractivity contribution is 0.102. The van der Waals surface area contributed by atoms with Gasteiger partial charge in [-0.3, -0.25) is 4.79 Å². The number of carbonyl (C=O) groups excluding carboxylic acids is 1. The highest BCUT2D eigenvalue weighted by Gasteiger charge is 2.17. The smallest absolute Gasteiger partial charge is 0.255 e. The standard InChI is InChI=1S/C23H23FN2O4S/c1-3-25-31(28,29)21-11-10-16(2)22(14-21)23(27)26-19-8-5-9-20(13-19)30-15-17-6-4-7-18(24)12-17/h4-14,25H,3,15H2,1-2H3,(H,26,27). The molecule has 3 aromatic rings. The van der Waals surface area contributed by atoms with E-state index in [2.05, 4.69) is 10.0 Å². The molecular formula is C23H23FN2O4S. The molecule has 3 rings (SSSR count). The van der Waals surface area contributed by atoms with Crippen LogP contribution in [0.2, 0.25) is 0 Å². The molecule has 0 aliphatic heterocycles. The average Bonchev–Trinajstić information content (AvgIpc) is 2.72. The van der Waals surface area contributed by atoms with Crippen molar-refractivity contribution in [2.24, 2.45) is 0 Å². The molecule has 6 nitrogen and oxygen atoms in total. The van der Waals surface area contributed by atoms with E-state index in [9.17, 15) is 17.6 Å². The molecule has 0 aliphatic carbocycles. The number of aryl methyl sites for hydroxylation is 1. The Morgan fingerprint density at radius 3 is 2.55 bits per heavy atom. The number of sulfonamides is 1. The summed E-state index contributed by atoms with van der Waals surface area (Å²) < 4.78 is 45.9. The Labute approximate surface area is 181 Å². The second-order valence-electron chi connectivity index (χ2n) is 6.88. The van der Waals surface area contributed by atoms with E-state index in [-0.39, 0.29) is 29.4 Å². The normalized spacial score (nSPS) is 11.2. The van der Waals surface area contributed by atoms with E-state index in [1.54, 1.807) is 56.3 Å². The fourth-order valence-electron chi connectivity index (χ4n) is 2.94. The first-order chi connectivity index (χ1) is 14.8. The zero-order valence-electron chi connectivity index (χ0n) is 17.2. The molecule has 0 bridgehead atoms. The molecule has 0 radical (unpaired) electrons. The second-order valence-corrected chi connectivity index (χ2v) is 8.65. The first-order valence-electron chi connectivity index (χ1n) is 9.67. The topological polar surface area (TPSA) is 84.5 Å². The lowest BCUT2D eigenvalue weighted by Gasteiger charge is -2.12. The molecule has 2 N–H and O–H groups in total. The highest BCUT2D eigenvalue weighted by molar-refractivity contribution is 7.89. The third kappa shape index (κ3) is 5.90. The lowest BCUT2D eigenvalue weighted by atomic mass is 10.1. The molecule has 0 aromatic heterocycles. The maximum atomic E-state index is 13.3. The predicted molar refractivity (Wildman–Crippen MR) is 117 cm³/mol. The van der Waals surface area contributed by atoms with Crippen LogP contribution in [0.15, 0.2) is 71.6 Å². The number of amides is 1. The number of carbonyl (C=O) groups is 1. The number of hydrogen-bond acceptors (Lipinski definition) is 4. The molecule has 162 valence electrons. The molecule has 0 heterocycles. The minimum atomic E-state index is -3.68. The fourth-order valence-corrected chi connectivity index (χ4v) is 4.01. The third-order valence-electron chi connectivity index (χ3n) is 4.48. The fraction of sp³-hybridized carbons (Fsp3) is 0.174. The summed E-state index contributed by atoms with van der Waals surface area (Å²) in [4.78, 5) is 12.8. The number of anilines is 1. The quantitative estimate of drug-likeness (QED) is 0.546. The number of hydrogen-bond donors (Lipinski definition) is 2. The van der Waals surface area contributed by atoms with Gasteiger partial charge >= 0.3 is 0 Å². The monoisotopic (exact) mass is 442 g/mol. The van der Waals surface area contributed by atoms with Crippen LogP contribution in [-0.4, -0.2) is 20.9 Å². The Morgan fingerprint density at radius 1 is 1.03 bits per heavy atom. The van der Waals surface area contributed by atoms with Gasteiger partial charge in [0.15, 0.2) is 0 Å². The highest BCUT2D eigenvalue weighted by Crippen LogP contribution is 2.21. The van der Waals surface area contributed by atoms with E-state index >= 15 is 0 Å². The molecule has 0 aliphatic rings. The first kappa shape index (κ1) is 22.5. The number of halogens is 1. The minimum absolute atomic E-state index is 0.0253. The Balaban J connectivity index is 1.74. The summed E-state index contributed by atoms with van der Waals surface area (Å²) >= 11 is 0. The SMILES string of the molecule is CCNS(=O)(=O)c1ccc(C)c(C(=O)Nc2cccc(OCc3cccc(F)c3)c2)c1. The molecule has 3 aromatic carbocycles. The summed E-state index contributed by atoms with van der Waals surface area (Å²) in [6.07, 6.45) is 0. The summed E-state index contributed by atoms with van der Waals surface area (Å²) in [5.74, 6) is -0.272. The van der Waals surface area contributed by atoms with Gasteiger partial charge in [-0.2, -0.15) is 0 Å². The lowest BCUT2D eigenvalue weighted by Crippen LogP contribution is -2.24. The van der Waals surface area contributed by atoms with E-state index in [1.807, 2.05) is 0 Å². The summed E-state index contributed by atoms with van der Waals surface area (Å²) in [5, 5.41) is 2.76. The van der Waals surface area contributed by atoms with Crippen LogP contribution in [0.4, 0.5) is 10.1 Å². The molecule has 0 atom stereocenters. The zero-order valence-corrected chi connectivity index (χ0v) is 18.0. The van der Waals surface area contributed by atoms with Crippen LogP contribution in [0.1, 0.15) is 28.4 Å². The summed E-state index contributed by atoms with van der Waals surface area (Å²) in [7, 11) is -3.68. The molecule has 31 heavy (non-hydrogen) atoms.